The Kier molecular flexibility index (Phi) is 5.42. The average molecular weight is 289 g/mol. The molecule has 0 heterocycles. The zero-order valence-corrected chi connectivity index (χ0v) is 10.7. The molecule has 1 rings (SSSR count). The van der Waals surface area contributed by atoms with Gasteiger partial charge in [0.1, 0.15) is 0 Å². The zero-order chi connectivity index (χ0) is 13.8. The number of halogens is 3. The van der Waals surface area contributed by atoms with E-state index in [1.165, 1.54) is 0 Å². The number of hydrogen-bond acceptors (Lipinski definition) is 3. The SMILES string of the molecule is O=S(=O)(CCCC(F)(F)F)NC1CCC(O)CC1. The van der Waals surface area contributed by atoms with Crippen molar-refractivity contribution in [2.24, 2.45) is 0 Å². The maximum absolute atomic E-state index is 11.9. The van der Waals surface area contributed by atoms with Crippen LogP contribution < -0.4 is 4.72 Å². The van der Waals surface area contributed by atoms with Crippen LogP contribution in [0.1, 0.15) is 38.5 Å². The van der Waals surface area contributed by atoms with Gasteiger partial charge in [0, 0.05) is 12.5 Å². The number of sulfonamides is 1. The lowest BCUT2D eigenvalue weighted by molar-refractivity contribution is -0.134. The molecular formula is C10H18F3NO3S. The fraction of sp³-hybridized carbons (Fsp3) is 1.00. The third-order valence-electron chi connectivity index (χ3n) is 2.92. The van der Waals surface area contributed by atoms with E-state index >= 15 is 0 Å². The maximum atomic E-state index is 11.9. The summed E-state index contributed by atoms with van der Waals surface area (Å²) < 4.78 is 61.1. The largest absolute Gasteiger partial charge is 0.393 e. The molecule has 0 unspecified atom stereocenters. The van der Waals surface area contributed by atoms with E-state index in [4.69, 9.17) is 0 Å². The molecule has 0 amide bonds. The van der Waals surface area contributed by atoms with Crippen LogP contribution in [0.4, 0.5) is 13.2 Å². The van der Waals surface area contributed by atoms with Crippen LogP contribution >= 0.6 is 0 Å². The normalized spacial score (nSPS) is 26.2. The van der Waals surface area contributed by atoms with Crippen molar-refractivity contribution in [3.8, 4) is 0 Å². The fourth-order valence-corrected chi connectivity index (χ4v) is 3.35. The molecule has 0 spiro atoms. The van der Waals surface area contributed by atoms with Crippen LogP contribution in [0.15, 0.2) is 0 Å². The summed E-state index contributed by atoms with van der Waals surface area (Å²) in [5, 5.41) is 9.25. The third-order valence-corrected chi connectivity index (χ3v) is 4.43. The summed E-state index contributed by atoms with van der Waals surface area (Å²) in [4.78, 5) is 0. The van der Waals surface area contributed by atoms with Crippen LogP contribution in [-0.4, -0.2) is 37.6 Å². The van der Waals surface area contributed by atoms with Gasteiger partial charge in [0.25, 0.3) is 0 Å². The Balaban J connectivity index is 2.31. The van der Waals surface area contributed by atoms with Crippen molar-refractivity contribution in [1.29, 1.82) is 0 Å². The van der Waals surface area contributed by atoms with Gasteiger partial charge in [0.05, 0.1) is 11.9 Å². The minimum absolute atomic E-state index is 0.260. The molecule has 0 bridgehead atoms. The molecule has 0 aromatic rings. The highest BCUT2D eigenvalue weighted by Crippen LogP contribution is 2.22. The number of hydrogen-bond donors (Lipinski definition) is 2. The lowest BCUT2D eigenvalue weighted by Crippen LogP contribution is -2.39. The van der Waals surface area contributed by atoms with Gasteiger partial charge in [0.15, 0.2) is 0 Å². The highest BCUT2D eigenvalue weighted by molar-refractivity contribution is 7.89. The third kappa shape index (κ3) is 6.55. The first-order valence-corrected chi connectivity index (χ1v) is 7.58. The van der Waals surface area contributed by atoms with Crippen LogP contribution in [-0.2, 0) is 10.0 Å². The molecule has 0 radical (unpaired) electrons. The Morgan fingerprint density at radius 1 is 1.17 bits per heavy atom. The minimum Gasteiger partial charge on any atom is -0.393 e. The molecule has 0 saturated heterocycles. The van der Waals surface area contributed by atoms with Gasteiger partial charge in [-0.15, -0.1) is 0 Å². The molecule has 1 saturated carbocycles. The lowest BCUT2D eigenvalue weighted by Gasteiger charge is -2.25. The molecule has 8 heteroatoms. The lowest BCUT2D eigenvalue weighted by atomic mass is 9.94. The van der Waals surface area contributed by atoms with Crippen LogP contribution in [0, 0.1) is 0 Å². The molecule has 1 aliphatic rings. The molecule has 1 fully saturated rings. The quantitative estimate of drug-likeness (QED) is 0.807. The van der Waals surface area contributed by atoms with E-state index < -0.39 is 40.9 Å². The van der Waals surface area contributed by atoms with Gasteiger partial charge in [-0.3, -0.25) is 0 Å². The van der Waals surface area contributed by atoms with E-state index in [0.717, 1.165) is 0 Å². The summed E-state index contributed by atoms with van der Waals surface area (Å²) in [5.74, 6) is -0.508. The Hall–Kier alpha value is -0.340. The Morgan fingerprint density at radius 3 is 2.22 bits per heavy atom. The summed E-state index contributed by atoms with van der Waals surface area (Å²) in [6, 6.07) is -0.260. The number of aliphatic hydroxyl groups is 1. The highest BCUT2D eigenvalue weighted by atomic mass is 32.2. The van der Waals surface area contributed by atoms with Gasteiger partial charge in [-0.05, 0) is 32.1 Å². The topological polar surface area (TPSA) is 66.4 Å². The number of nitrogens with one attached hydrogen (secondary N) is 1. The standard InChI is InChI=1S/C10H18F3NO3S/c11-10(12,13)6-1-7-18(16,17)14-8-2-4-9(15)5-3-8/h8-9,14-15H,1-7H2. The summed E-state index contributed by atoms with van der Waals surface area (Å²) in [6.45, 7) is 0. The number of aliphatic hydroxyl groups excluding tert-OH is 1. The van der Waals surface area contributed by atoms with E-state index in [0.29, 0.717) is 25.7 Å². The maximum Gasteiger partial charge on any atom is 0.389 e. The molecule has 108 valence electrons. The van der Waals surface area contributed by atoms with Crippen molar-refractivity contribution >= 4 is 10.0 Å². The van der Waals surface area contributed by atoms with Crippen molar-refractivity contribution < 1.29 is 26.7 Å². The molecule has 18 heavy (non-hydrogen) atoms. The van der Waals surface area contributed by atoms with Crippen molar-refractivity contribution in [2.45, 2.75) is 56.8 Å². The summed E-state index contributed by atoms with van der Waals surface area (Å²) in [6.07, 6.45) is -4.11. The van der Waals surface area contributed by atoms with Crippen LogP contribution in [0.25, 0.3) is 0 Å². The first-order valence-electron chi connectivity index (χ1n) is 5.93. The summed E-state index contributed by atoms with van der Waals surface area (Å²) in [7, 11) is -3.65. The second-order valence-electron chi connectivity index (χ2n) is 4.66. The summed E-state index contributed by atoms with van der Waals surface area (Å²) in [5.41, 5.74) is 0. The van der Waals surface area contributed by atoms with E-state index in [9.17, 15) is 26.7 Å². The molecule has 4 nitrogen and oxygen atoms in total. The van der Waals surface area contributed by atoms with Gasteiger partial charge in [0.2, 0.25) is 10.0 Å². The first kappa shape index (κ1) is 15.7. The molecule has 2 N–H and O–H groups in total. The Bertz CT molecular complexity index is 348. The van der Waals surface area contributed by atoms with Gasteiger partial charge < -0.3 is 5.11 Å². The molecule has 0 aliphatic heterocycles. The Morgan fingerprint density at radius 2 is 1.72 bits per heavy atom. The van der Waals surface area contributed by atoms with Gasteiger partial charge in [-0.2, -0.15) is 13.2 Å². The highest BCUT2D eigenvalue weighted by Gasteiger charge is 2.28. The van der Waals surface area contributed by atoms with Crippen molar-refractivity contribution in [3.63, 3.8) is 0 Å². The minimum atomic E-state index is -4.32. The zero-order valence-electron chi connectivity index (χ0n) is 9.91. The second-order valence-corrected chi connectivity index (χ2v) is 6.53. The average Bonchev–Trinajstić information content (AvgIpc) is 2.18. The van der Waals surface area contributed by atoms with Gasteiger partial charge in [-0.25, -0.2) is 13.1 Å². The van der Waals surface area contributed by atoms with E-state index in [1.54, 1.807) is 0 Å². The van der Waals surface area contributed by atoms with Gasteiger partial charge in [-0.1, -0.05) is 0 Å². The molecular weight excluding hydrogens is 271 g/mol. The molecule has 0 aromatic carbocycles. The van der Waals surface area contributed by atoms with E-state index in [1.807, 2.05) is 0 Å². The van der Waals surface area contributed by atoms with Crippen molar-refractivity contribution in [1.82, 2.24) is 4.72 Å². The number of alkyl halides is 3. The fourth-order valence-electron chi connectivity index (χ4n) is 1.97. The molecule has 1 aliphatic carbocycles. The smallest absolute Gasteiger partial charge is 0.389 e. The van der Waals surface area contributed by atoms with Crippen LogP contribution in [0.2, 0.25) is 0 Å². The Labute approximate surface area is 105 Å². The van der Waals surface area contributed by atoms with Gasteiger partial charge >= 0.3 is 6.18 Å². The summed E-state index contributed by atoms with van der Waals surface area (Å²) >= 11 is 0. The number of rotatable bonds is 5. The first-order chi connectivity index (χ1) is 8.18. The monoisotopic (exact) mass is 289 g/mol. The predicted molar refractivity (Wildman–Crippen MR) is 60.5 cm³/mol. The van der Waals surface area contributed by atoms with Crippen molar-refractivity contribution in [3.05, 3.63) is 0 Å². The van der Waals surface area contributed by atoms with Crippen LogP contribution in [0.3, 0.4) is 0 Å². The predicted octanol–water partition coefficient (Wildman–Crippen LogP) is 1.55. The van der Waals surface area contributed by atoms with Crippen molar-refractivity contribution in [2.75, 3.05) is 5.75 Å². The van der Waals surface area contributed by atoms with Crippen LogP contribution in [0.5, 0.6) is 0 Å². The van der Waals surface area contributed by atoms with E-state index in [2.05, 4.69) is 4.72 Å². The van der Waals surface area contributed by atoms with E-state index in [-0.39, 0.29) is 6.04 Å². The molecule has 0 atom stereocenters. The molecule has 0 aromatic heterocycles. The second kappa shape index (κ2) is 6.21.